The predicted octanol–water partition coefficient (Wildman–Crippen LogP) is 5.08. The summed E-state index contributed by atoms with van der Waals surface area (Å²) in [5, 5.41) is 0.470. The average Bonchev–Trinajstić information content (AvgIpc) is 2.50. The Labute approximate surface area is 132 Å². The Hall–Kier alpha value is -0.960. The van der Waals surface area contributed by atoms with Crippen LogP contribution in [0.15, 0.2) is 30.3 Å². The topological polar surface area (TPSA) is 26.3 Å². The number of carbonyl (C=O) groups is 1. The van der Waals surface area contributed by atoms with Crippen LogP contribution in [0, 0.1) is 0 Å². The first-order valence-corrected chi connectivity index (χ1v) is 9.23. The van der Waals surface area contributed by atoms with Crippen molar-refractivity contribution in [3.63, 3.8) is 0 Å². The van der Waals surface area contributed by atoms with Crippen LogP contribution in [0.25, 0.3) is 0 Å². The van der Waals surface area contributed by atoms with Gasteiger partial charge in [-0.2, -0.15) is 11.8 Å². The van der Waals surface area contributed by atoms with Gasteiger partial charge in [-0.05, 0) is 43.6 Å². The number of ether oxygens (including phenoxy) is 1. The number of esters is 1. The van der Waals surface area contributed by atoms with Crippen molar-refractivity contribution >= 4 is 17.7 Å². The molecular formula is C18H26O2S. The first-order valence-electron chi connectivity index (χ1n) is 8.19. The van der Waals surface area contributed by atoms with Crippen molar-refractivity contribution in [2.24, 2.45) is 0 Å². The van der Waals surface area contributed by atoms with E-state index in [-0.39, 0.29) is 12.1 Å². The van der Waals surface area contributed by atoms with Crippen LogP contribution in [0.4, 0.5) is 0 Å². The summed E-state index contributed by atoms with van der Waals surface area (Å²) < 4.78 is 5.86. The van der Waals surface area contributed by atoms with E-state index < -0.39 is 0 Å². The molecule has 0 saturated heterocycles. The molecule has 0 aromatic heterocycles. The zero-order valence-corrected chi connectivity index (χ0v) is 13.7. The lowest BCUT2D eigenvalue weighted by atomic mass is 9.98. The van der Waals surface area contributed by atoms with E-state index in [1.165, 1.54) is 38.5 Å². The van der Waals surface area contributed by atoms with Gasteiger partial charge in [0.05, 0.1) is 5.56 Å². The molecule has 3 heteroatoms. The molecule has 0 amide bonds. The maximum Gasteiger partial charge on any atom is 0.338 e. The molecular weight excluding hydrogens is 280 g/mol. The van der Waals surface area contributed by atoms with Crippen molar-refractivity contribution in [3.8, 4) is 0 Å². The molecule has 0 unspecified atom stereocenters. The van der Waals surface area contributed by atoms with Gasteiger partial charge >= 0.3 is 5.97 Å². The Balaban J connectivity index is 1.99. The van der Waals surface area contributed by atoms with Crippen molar-refractivity contribution in [2.45, 2.75) is 63.2 Å². The minimum Gasteiger partial charge on any atom is -0.458 e. The maximum absolute atomic E-state index is 12.3. The molecule has 116 valence electrons. The Morgan fingerprint density at radius 3 is 2.57 bits per heavy atom. The third kappa shape index (κ3) is 5.39. The van der Waals surface area contributed by atoms with Crippen molar-refractivity contribution in [3.05, 3.63) is 35.9 Å². The number of carbonyl (C=O) groups excluding carboxylic acids is 1. The molecule has 0 bridgehead atoms. The summed E-state index contributed by atoms with van der Waals surface area (Å²) in [5.74, 6) is 0.993. The summed E-state index contributed by atoms with van der Waals surface area (Å²) in [7, 11) is 0. The molecule has 1 saturated carbocycles. The van der Waals surface area contributed by atoms with Gasteiger partial charge in [-0.25, -0.2) is 4.79 Å². The number of benzene rings is 1. The van der Waals surface area contributed by atoms with Gasteiger partial charge < -0.3 is 4.74 Å². The van der Waals surface area contributed by atoms with Crippen LogP contribution in [0.3, 0.4) is 0 Å². The third-order valence-corrected chi connectivity index (χ3v) is 5.56. The fourth-order valence-electron chi connectivity index (χ4n) is 2.79. The second-order valence-corrected chi connectivity index (χ2v) is 7.06. The Morgan fingerprint density at radius 2 is 1.86 bits per heavy atom. The monoisotopic (exact) mass is 306 g/mol. The molecule has 2 atom stereocenters. The van der Waals surface area contributed by atoms with E-state index in [1.54, 1.807) is 0 Å². The fourth-order valence-corrected chi connectivity index (χ4v) is 4.07. The molecule has 0 heterocycles. The summed E-state index contributed by atoms with van der Waals surface area (Å²) in [5.41, 5.74) is 0.666. The number of hydrogen-bond acceptors (Lipinski definition) is 3. The molecule has 0 radical (unpaired) electrons. The molecule has 2 rings (SSSR count). The normalized spacial score (nSPS) is 23.1. The highest BCUT2D eigenvalue weighted by Crippen LogP contribution is 2.30. The van der Waals surface area contributed by atoms with Crippen LogP contribution >= 0.6 is 11.8 Å². The lowest BCUT2D eigenvalue weighted by molar-refractivity contribution is 0.0255. The molecule has 0 N–H and O–H groups in total. The van der Waals surface area contributed by atoms with Gasteiger partial charge in [0, 0.05) is 5.25 Å². The van der Waals surface area contributed by atoms with Crippen molar-refractivity contribution in [2.75, 3.05) is 5.75 Å². The highest BCUT2D eigenvalue weighted by Gasteiger charge is 2.26. The van der Waals surface area contributed by atoms with Crippen LogP contribution in [0.5, 0.6) is 0 Å². The number of hydrogen-bond donors (Lipinski definition) is 0. The van der Waals surface area contributed by atoms with E-state index in [4.69, 9.17) is 4.74 Å². The molecule has 0 spiro atoms. The summed E-state index contributed by atoms with van der Waals surface area (Å²) in [4.78, 5) is 12.3. The zero-order valence-electron chi connectivity index (χ0n) is 12.9. The van der Waals surface area contributed by atoms with Gasteiger partial charge in [-0.3, -0.25) is 0 Å². The van der Waals surface area contributed by atoms with Gasteiger partial charge in [-0.1, -0.05) is 44.4 Å². The van der Waals surface area contributed by atoms with Crippen LogP contribution in [-0.4, -0.2) is 23.1 Å². The largest absolute Gasteiger partial charge is 0.458 e. The lowest BCUT2D eigenvalue weighted by Gasteiger charge is -2.28. The van der Waals surface area contributed by atoms with E-state index in [0.29, 0.717) is 10.8 Å². The van der Waals surface area contributed by atoms with Gasteiger partial charge in [0.15, 0.2) is 0 Å². The zero-order chi connectivity index (χ0) is 14.9. The molecule has 2 nitrogen and oxygen atoms in total. The van der Waals surface area contributed by atoms with Crippen LogP contribution in [-0.2, 0) is 4.74 Å². The van der Waals surface area contributed by atoms with E-state index in [0.717, 1.165) is 12.2 Å². The highest BCUT2D eigenvalue weighted by atomic mass is 32.2. The number of rotatable bonds is 5. The van der Waals surface area contributed by atoms with Gasteiger partial charge in [0.1, 0.15) is 6.10 Å². The highest BCUT2D eigenvalue weighted by molar-refractivity contribution is 7.99. The van der Waals surface area contributed by atoms with E-state index in [2.05, 4.69) is 6.92 Å². The number of thioether (sulfide) groups is 1. The predicted molar refractivity (Wildman–Crippen MR) is 89.9 cm³/mol. The second-order valence-electron chi connectivity index (χ2n) is 5.71. The third-order valence-electron chi connectivity index (χ3n) is 3.95. The van der Waals surface area contributed by atoms with Crippen molar-refractivity contribution in [1.29, 1.82) is 0 Å². The molecule has 0 aliphatic heterocycles. The van der Waals surface area contributed by atoms with Crippen LogP contribution in [0.1, 0.15) is 62.2 Å². The molecule has 21 heavy (non-hydrogen) atoms. The first kappa shape index (κ1) is 16.4. The summed E-state index contributed by atoms with van der Waals surface area (Å²) in [6, 6.07) is 9.36. The van der Waals surface area contributed by atoms with Crippen LogP contribution < -0.4 is 0 Å². The summed E-state index contributed by atoms with van der Waals surface area (Å²) in [6.45, 7) is 2.21. The van der Waals surface area contributed by atoms with E-state index >= 15 is 0 Å². The van der Waals surface area contributed by atoms with Crippen molar-refractivity contribution < 1.29 is 9.53 Å². The maximum atomic E-state index is 12.3. The van der Waals surface area contributed by atoms with Gasteiger partial charge in [0.2, 0.25) is 0 Å². The van der Waals surface area contributed by atoms with Crippen LogP contribution in [0.2, 0.25) is 0 Å². The SMILES string of the molecule is CCCS[C@@H]1CCCCCC[C@H]1OC(=O)c1ccccc1. The fraction of sp³-hybridized carbons (Fsp3) is 0.611. The molecule has 1 aromatic rings. The standard InChI is InChI=1S/C18H26O2S/c1-2-14-21-17-13-9-4-3-8-12-16(17)20-18(19)15-10-6-5-7-11-15/h5-7,10-11,16-17H,2-4,8-9,12-14H2,1H3/t16-,17-/m1/s1. The lowest BCUT2D eigenvalue weighted by Crippen LogP contribution is -2.30. The van der Waals surface area contributed by atoms with Gasteiger partial charge in [0.25, 0.3) is 0 Å². The first-order chi connectivity index (χ1) is 10.3. The molecule has 1 aliphatic carbocycles. The van der Waals surface area contributed by atoms with E-state index in [1.807, 2.05) is 42.1 Å². The second kappa shape index (κ2) is 9.14. The Bertz CT molecular complexity index is 416. The van der Waals surface area contributed by atoms with Gasteiger partial charge in [-0.15, -0.1) is 0 Å². The summed E-state index contributed by atoms with van der Waals surface area (Å²) in [6.07, 6.45) is 8.48. The smallest absolute Gasteiger partial charge is 0.338 e. The van der Waals surface area contributed by atoms with Crippen molar-refractivity contribution in [1.82, 2.24) is 0 Å². The molecule has 1 aliphatic rings. The Kier molecular flexibility index (Phi) is 7.14. The molecule has 1 fully saturated rings. The van der Waals surface area contributed by atoms with E-state index in [9.17, 15) is 4.79 Å². The molecule has 1 aromatic carbocycles. The average molecular weight is 306 g/mol. The quantitative estimate of drug-likeness (QED) is 0.710. The summed E-state index contributed by atoms with van der Waals surface area (Å²) >= 11 is 1.99. The minimum absolute atomic E-state index is 0.0783. The minimum atomic E-state index is -0.164. The Morgan fingerprint density at radius 1 is 1.14 bits per heavy atom.